The summed E-state index contributed by atoms with van der Waals surface area (Å²) in [6, 6.07) is 5.23. The molecule has 0 aliphatic carbocycles. The molecule has 1 amide bonds. The molecule has 98 valence electrons. The second-order valence-corrected chi connectivity index (χ2v) is 3.89. The molecule has 0 aliphatic heterocycles. The number of halogens is 2. The molecule has 0 fully saturated rings. The van der Waals surface area contributed by atoms with Crippen LogP contribution in [0.4, 0.5) is 14.5 Å². The molecule has 3 N–H and O–H groups in total. The molecule has 0 bridgehead atoms. The fourth-order valence-electron chi connectivity index (χ4n) is 1.57. The third-order valence-electron chi connectivity index (χ3n) is 2.53. The minimum Gasteiger partial charge on any atom is -0.379 e. The molecule has 0 saturated carbocycles. The predicted molar refractivity (Wildman–Crippen MR) is 66.4 cm³/mol. The highest BCUT2D eigenvalue weighted by Crippen LogP contribution is 2.20. The summed E-state index contributed by atoms with van der Waals surface area (Å²) in [5.41, 5.74) is 5.49. The van der Waals surface area contributed by atoms with Gasteiger partial charge in [0, 0.05) is 25.0 Å². The minimum absolute atomic E-state index is 0.0130. The van der Waals surface area contributed by atoms with Gasteiger partial charge in [-0.1, -0.05) is 6.07 Å². The number of amides is 1. The quantitative estimate of drug-likeness (QED) is 0.887. The predicted octanol–water partition coefficient (Wildman–Crippen LogP) is 2.07. The molecule has 1 aromatic carbocycles. The van der Waals surface area contributed by atoms with E-state index < -0.39 is 17.5 Å². The number of carbonyl (C=O) groups excluding carboxylic acids is 1. The van der Waals surface area contributed by atoms with E-state index in [1.165, 1.54) is 0 Å². The number of carbonyl (C=O) groups is 1. The van der Waals surface area contributed by atoms with E-state index in [1.807, 2.05) is 0 Å². The van der Waals surface area contributed by atoms with Crippen molar-refractivity contribution in [3.63, 3.8) is 0 Å². The molecule has 6 heteroatoms. The molecule has 4 nitrogen and oxygen atoms in total. The SMILES string of the molecule is NC(=O)c1cc(NCc2cccnc2)c(F)cc1F. The normalized spacial score (nSPS) is 10.2. The van der Waals surface area contributed by atoms with Crippen LogP contribution in [0.1, 0.15) is 15.9 Å². The van der Waals surface area contributed by atoms with Crippen LogP contribution < -0.4 is 11.1 Å². The summed E-state index contributed by atoms with van der Waals surface area (Å²) in [5, 5.41) is 2.76. The molecule has 0 unspecified atom stereocenters. The maximum atomic E-state index is 13.5. The van der Waals surface area contributed by atoms with Gasteiger partial charge in [-0.2, -0.15) is 0 Å². The molecule has 2 aromatic rings. The average Bonchev–Trinajstić information content (AvgIpc) is 2.38. The lowest BCUT2D eigenvalue weighted by Crippen LogP contribution is -2.14. The van der Waals surface area contributed by atoms with Crippen molar-refractivity contribution in [3.05, 3.63) is 59.4 Å². The first-order chi connectivity index (χ1) is 9.08. The van der Waals surface area contributed by atoms with Crippen molar-refractivity contribution in [3.8, 4) is 0 Å². The van der Waals surface area contributed by atoms with E-state index in [4.69, 9.17) is 5.73 Å². The van der Waals surface area contributed by atoms with Gasteiger partial charge in [0.15, 0.2) is 0 Å². The van der Waals surface area contributed by atoms with Crippen molar-refractivity contribution in [2.75, 3.05) is 5.32 Å². The molecule has 19 heavy (non-hydrogen) atoms. The summed E-state index contributed by atoms with van der Waals surface area (Å²) < 4.78 is 26.8. The summed E-state index contributed by atoms with van der Waals surface area (Å²) in [6.07, 6.45) is 3.23. The van der Waals surface area contributed by atoms with Crippen molar-refractivity contribution in [1.82, 2.24) is 4.98 Å². The zero-order valence-corrected chi connectivity index (χ0v) is 9.86. The number of nitrogens with zero attached hydrogens (tertiary/aromatic N) is 1. The Morgan fingerprint density at radius 2 is 2.11 bits per heavy atom. The van der Waals surface area contributed by atoms with Crippen molar-refractivity contribution in [2.45, 2.75) is 6.54 Å². The summed E-state index contributed by atoms with van der Waals surface area (Å²) in [5.74, 6) is -2.70. The van der Waals surface area contributed by atoms with E-state index in [9.17, 15) is 13.6 Å². The van der Waals surface area contributed by atoms with Crippen LogP contribution in [-0.4, -0.2) is 10.9 Å². The Balaban J connectivity index is 2.21. The number of pyridine rings is 1. The molecule has 2 rings (SSSR count). The van der Waals surface area contributed by atoms with E-state index >= 15 is 0 Å². The van der Waals surface area contributed by atoms with Crippen LogP contribution in [0, 0.1) is 11.6 Å². The first-order valence-corrected chi connectivity index (χ1v) is 5.49. The van der Waals surface area contributed by atoms with Gasteiger partial charge >= 0.3 is 0 Å². The van der Waals surface area contributed by atoms with Crippen molar-refractivity contribution >= 4 is 11.6 Å². The number of rotatable bonds is 4. The highest BCUT2D eigenvalue weighted by molar-refractivity contribution is 5.94. The summed E-state index contributed by atoms with van der Waals surface area (Å²) in [7, 11) is 0. The first-order valence-electron chi connectivity index (χ1n) is 5.49. The minimum atomic E-state index is -0.975. The van der Waals surface area contributed by atoms with E-state index in [1.54, 1.807) is 24.5 Å². The van der Waals surface area contributed by atoms with E-state index in [-0.39, 0.29) is 11.3 Å². The zero-order valence-electron chi connectivity index (χ0n) is 9.86. The van der Waals surface area contributed by atoms with E-state index in [0.29, 0.717) is 12.6 Å². The fourth-order valence-corrected chi connectivity index (χ4v) is 1.57. The molecule has 0 radical (unpaired) electrons. The van der Waals surface area contributed by atoms with Crippen LogP contribution in [0.3, 0.4) is 0 Å². The molecule has 0 saturated heterocycles. The lowest BCUT2D eigenvalue weighted by Gasteiger charge is -2.09. The van der Waals surface area contributed by atoms with Gasteiger partial charge in [0.25, 0.3) is 5.91 Å². The Morgan fingerprint density at radius 1 is 1.32 bits per heavy atom. The highest BCUT2D eigenvalue weighted by Gasteiger charge is 2.13. The molecule has 0 aliphatic rings. The molecular weight excluding hydrogens is 252 g/mol. The second-order valence-electron chi connectivity index (χ2n) is 3.89. The number of hydrogen-bond donors (Lipinski definition) is 2. The average molecular weight is 263 g/mol. The largest absolute Gasteiger partial charge is 0.379 e. The maximum Gasteiger partial charge on any atom is 0.251 e. The number of nitrogens with two attached hydrogens (primary N) is 1. The van der Waals surface area contributed by atoms with Gasteiger partial charge < -0.3 is 11.1 Å². The smallest absolute Gasteiger partial charge is 0.251 e. The molecule has 0 spiro atoms. The van der Waals surface area contributed by atoms with Gasteiger partial charge in [0.1, 0.15) is 11.6 Å². The molecule has 1 aromatic heterocycles. The molecule has 0 atom stereocenters. The fraction of sp³-hybridized carbons (Fsp3) is 0.0769. The summed E-state index contributed by atoms with van der Waals surface area (Å²) >= 11 is 0. The van der Waals surface area contributed by atoms with Crippen LogP contribution in [0.2, 0.25) is 0 Å². The van der Waals surface area contributed by atoms with Crippen molar-refractivity contribution in [2.24, 2.45) is 5.73 Å². The summed E-state index contributed by atoms with van der Waals surface area (Å²) in [6.45, 7) is 0.300. The number of benzene rings is 1. The first kappa shape index (κ1) is 12.9. The van der Waals surface area contributed by atoms with Gasteiger partial charge in [0.05, 0.1) is 11.3 Å². The van der Waals surface area contributed by atoms with Crippen molar-refractivity contribution in [1.29, 1.82) is 0 Å². The van der Waals surface area contributed by atoms with Crippen molar-refractivity contribution < 1.29 is 13.6 Å². The lowest BCUT2D eigenvalue weighted by molar-refractivity contribution is 0.0996. The number of anilines is 1. The van der Waals surface area contributed by atoms with E-state index in [0.717, 1.165) is 11.6 Å². The molecule has 1 heterocycles. The van der Waals surface area contributed by atoms with E-state index in [2.05, 4.69) is 10.3 Å². The van der Waals surface area contributed by atoms with Crippen LogP contribution in [-0.2, 0) is 6.54 Å². The van der Waals surface area contributed by atoms with Crippen LogP contribution in [0.5, 0.6) is 0 Å². The van der Waals surface area contributed by atoms with Crippen LogP contribution in [0.25, 0.3) is 0 Å². The third-order valence-corrected chi connectivity index (χ3v) is 2.53. The van der Waals surface area contributed by atoms with Crippen LogP contribution in [0.15, 0.2) is 36.7 Å². The van der Waals surface area contributed by atoms with Gasteiger partial charge in [-0.3, -0.25) is 9.78 Å². The van der Waals surface area contributed by atoms with Gasteiger partial charge in [0.2, 0.25) is 0 Å². The monoisotopic (exact) mass is 263 g/mol. The Morgan fingerprint density at radius 3 is 2.74 bits per heavy atom. The van der Waals surface area contributed by atoms with Gasteiger partial charge in [-0.15, -0.1) is 0 Å². The van der Waals surface area contributed by atoms with Gasteiger partial charge in [-0.05, 0) is 17.7 Å². The number of hydrogen-bond acceptors (Lipinski definition) is 3. The Kier molecular flexibility index (Phi) is 3.70. The Bertz CT molecular complexity index is 602. The van der Waals surface area contributed by atoms with Gasteiger partial charge in [-0.25, -0.2) is 8.78 Å². The standard InChI is InChI=1S/C13H11F2N3O/c14-10-5-11(15)12(4-9(10)13(16)19)18-7-8-2-1-3-17-6-8/h1-6,18H,7H2,(H2,16,19). The Hall–Kier alpha value is -2.50. The summed E-state index contributed by atoms with van der Waals surface area (Å²) in [4.78, 5) is 14.9. The lowest BCUT2D eigenvalue weighted by atomic mass is 10.1. The Labute approximate surface area is 108 Å². The third kappa shape index (κ3) is 3.04. The second kappa shape index (κ2) is 5.43. The maximum absolute atomic E-state index is 13.5. The number of primary amides is 1. The molecular formula is C13H11F2N3O. The zero-order chi connectivity index (χ0) is 13.8. The number of nitrogens with one attached hydrogen (secondary N) is 1. The number of aromatic nitrogens is 1. The topological polar surface area (TPSA) is 68.0 Å². The van der Waals surface area contributed by atoms with Crippen LogP contribution >= 0.6 is 0 Å². The highest BCUT2D eigenvalue weighted by atomic mass is 19.1.